The van der Waals surface area contributed by atoms with E-state index in [-0.39, 0.29) is 16.0 Å². The quantitative estimate of drug-likeness (QED) is 0.840. The molecular formula is C14H17ClFNO4S. The zero-order valence-electron chi connectivity index (χ0n) is 11.9. The second kappa shape index (κ2) is 6.41. The number of piperidine rings is 1. The molecule has 2 fully saturated rings. The Kier molecular flexibility index (Phi) is 4.70. The topological polar surface area (TPSA) is 55.8 Å². The molecule has 22 heavy (non-hydrogen) atoms. The molecule has 0 spiro atoms. The van der Waals surface area contributed by atoms with Crippen LogP contribution in [0.25, 0.3) is 0 Å². The third-order valence-electron chi connectivity index (χ3n) is 3.94. The summed E-state index contributed by atoms with van der Waals surface area (Å²) in [6.45, 7) is 1.31. The molecule has 0 bridgehead atoms. The van der Waals surface area contributed by atoms with Gasteiger partial charge in [0.25, 0.3) is 0 Å². The van der Waals surface area contributed by atoms with Gasteiger partial charge in [-0.05, 0) is 31.0 Å². The minimum atomic E-state index is -3.82. The van der Waals surface area contributed by atoms with Crippen LogP contribution in [0.1, 0.15) is 19.3 Å². The van der Waals surface area contributed by atoms with Crippen molar-refractivity contribution in [1.29, 1.82) is 0 Å². The number of nitrogens with zero attached hydrogens (tertiary/aromatic N) is 1. The van der Waals surface area contributed by atoms with Gasteiger partial charge in [0, 0.05) is 6.54 Å². The van der Waals surface area contributed by atoms with E-state index in [0.717, 1.165) is 25.0 Å². The fraction of sp³-hybridized carbons (Fsp3) is 0.571. The van der Waals surface area contributed by atoms with Crippen LogP contribution in [-0.2, 0) is 19.5 Å². The van der Waals surface area contributed by atoms with Crippen LogP contribution in [-0.4, -0.2) is 44.8 Å². The van der Waals surface area contributed by atoms with Crippen LogP contribution in [0.2, 0.25) is 5.02 Å². The Balaban J connectivity index is 1.94. The molecule has 2 saturated heterocycles. The third-order valence-corrected chi connectivity index (χ3v) is 6.35. The van der Waals surface area contributed by atoms with Gasteiger partial charge in [0.1, 0.15) is 10.7 Å². The lowest BCUT2D eigenvalue weighted by Crippen LogP contribution is -2.50. The molecule has 2 aliphatic rings. The van der Waals surface area contributed by atoms with Gasteiger partial charge >= 0.3 is 0 Å². The number of ether oxygens (including phenoxy) is 2. The highest BCUT2D eigenvalue weighted by Crippen LogP contribution is 2.32. The average Bonchev–Trinajstić information content (AvgIpc) is 3.01. The summed E-state index contributed by atoms with van der Waals surface area (Å²) in [5, 5.41) is -0.113. The zero-order valence-corrected chi connectivity index (χ0v) is 13.4. The van der Waals surface area contributed by atoms with Crippen molar-refractivity contribution in [3.05, 3.63) is 29.0 Å². The first-order valence-electron chi connectivity index (χ1n) is 7.20. The van der Waals surface area contributed by atoms with Crippen molar-refractivity contribution < 1.29 is 22.3 Å². The smallest absolute Gasteiger partial charge is 0.244 e. The maximum Gasteiger partial charge on any atom is 0.244 e. The highest BCUT2D eigenvalue weighted by Gasteiger charge is 2.41. The number of halogens is 2. The highest BCUT2D eigenvalue weighted by molar-refractivity contribution is 7.89. The summed E-state index contributed by atoms with van der Waals surface area (Å²) < 4.78 is 51.3. The summed E-state index contributed by atoms with van der Waals surface area (Å²) in [7, 11) is -3.82. The van der Waals surface area contributed by atoms with Gasteiger partial charge < -0.3 is 9.47 Å². The van der Waals surface area contributed by atoms with Crippen molar-refractivity contribution in [1.82, 2.24) is 4.31 Å². The maximum absolute atomic E-state index is 13.2. The molecule has 1 aromatic rings. The lowest BCUT2D eigenvalue weighted by atomic mass is 10.0. The van der Waals surface area contributed by atoms with Gasteiger partial charge in [-0.1, -0.05) is 18.0 Å². The van der Waals surface area contributed by atoms with Gasteiger partial charge in [-0.3, -0.25) is 0 Å². The molecule has 5 nitrogen and oxygen atoms in total. The second-order valence-corrected chi connectivity index (χ2v) is 7.63. The number of hydrogen-bond acceptors (Lipinski definition) is 4. The van der Waals surface area contributed by atoms with Crippen LogP contribution in [0.4, 0.5) is 4.39 Å². The standard InChI is InChI=1S/C14H17ClFNO4S/c15-11-9-10(16)4-5-13(11)22(18,19)17-6-2-1-3-12(17)14-20-7-8-21-14/h4-5,9,12,14H,1-3,6-8H2. The van der Waals surface area contributed by atoms with Crippen molar-refractivity contribution in [2.24, 2.45) is 0 Å². The lowest BCUT2D eigenvalue weighted by Gasteiger charge is -2.37. The molecule has 1 atom stereocenters. The minimum absolute atomic E-state index is 0.0829. The van der Waals surface area contributed by atoms with E-state index in [1.54, 1.807) is 0 Å². The second-order valence-electron chi connectivity index (χ2n) is 5.36. The van der Waals surface area contributed by atoms with Crippen LogP contribution in [0.15, 0.2) is 23.1 Å². The van der Waals surface area contributed by atoms with Crippen molar-refractivity contribution in [3.63, 3.8) is 0 Å². The normalized spacial score (nSPS) is 24.7. The van der Waals surface area contributed by atoms with E-state index >= 15 is 0 Å². The van der Waals surface area contributed by atoms with Crippen molar-refractivity contribution >= 4 is 21.6 Å². The van der Waals surface area contributed by atoms with E-state index in [1.165, 1.54) is 10.4 Å². The van der Waals surface area contributed by atoms with Crippen LogP contribution >= 0.6 is 11.6 Å². The first kappa shape index (κ1) is 16.1. The lowest BCUT2D eigenvalue weighted by molar-refractivity contribution is -0.0913. The first-order chi connectivity index (χ1) is 10.5. The molecule has 3 rings (SSSR count). The highest BCUT2D eigenvalue weighted by atomic mass is 35.5. The van der Waals surface area contributed by atoms with E-state index in [4.69, 9.17) is 21.1 Å². The predicted molar refractivity (Wildman–Crippen MR) is 78.6 cm³/mol. The molecule has 0 saturated carbocycles. The molecule has 1 aromatic carbocycles. The first-order valence-corrected chi connectivity index (χ1v) is 9.02. The fourth-order valence-electron chi connectivity index (χ4n) is 2.91. The Bertz CT molecular complexity index is 648. The Morgan fingerprint density at radius 1 is 1.23 bits per heavy atom. The summed E-state index contributed by atoms with van der Waals surface area (Å²) in [5.41, 5.74) is 0. The van der Waals surface area contributed by atoms with Gasteiger partial charge in [0.05, 0.1) is 24.3 Å². The fourth-order valence-corrected chi connectivity index (χ4v) is 5.10. The van der Waals surface area contributed by atoms with Crippen LogP contribution in [0, 0.1) is 5.82 Å². The number of benzene rings is 1. The van der Waals surface area contributed by atoms with E-state index < -0.39 is 22.1 Å². The van der Waals surface area contributed by atoms with Gasteiger partial charge in [0.2, 0.25) is 10.0 Å². The Morgan fingerprint density at radius 3 is 2.64 bits per heavy atom. The Hall–Kier alpha value is -0.730. The summed E-state index contributed by atoms with van der Waals surface area (Å²) in [6.07, 6.45) is 1.80. The molecule has 0 radical (unpaired) electrons. The molecule has 8 heteroatoms. The molecule has 1 unspecified atom stereocenters. The summed E-state index contributed by atoms with van der Waals surface area (Å²) in [5.74, 6) is -0.568. The van der Waals surface area contributed by atoms with Crippen LogP contribution in [0.3, 0.4) is 0 Å². The van der Waals surface area contributed by atoms with E-state index in [0.29, 0.717) is 26.2 Å². The Morgan fingerprint density at radius 2 is 1.95 bits per heavy atom. The van der Waals surface area contributed by atoms with Crippen LogP contribution in [0.5, 0.6) is 0 Å². The minimum Gasteiger partial charge on any atom is -0.349 e. The number of sulfonamides is 1. The molecule has 0 aliphatic carbocycles. The largest absolute Gasteiger partial charge is 0.349 e. The molecule has 2 aliphatic heterocycles. The SMILES string of the molecule is O=S(=O)(c1ccc(F)cc1Cl)N1CCCCC1C1OCCO1. The predicted octanol–water partition coefficient (Wildman–Crippen LogP) is 2.40. The van der Waals surface area contributed by atoms with E-state index in [2.05, 4.69) is 0 Å². The molecule has 0 N–H and O–H groups in total. The number of hydrogen-bond donors (Lipinski definition) is 0. The number of rotatable bonds is 3. The zero-order chi connectivity index (χ0) is 15.7. The van der Waals surface area contributed by atoms with Gasteiger partial charge in [0.15, 0.2) is 6.29 Å². The van der Waals surface area contributed by atoms with E-state index in [9.17, 15) is 12.8 Å². The summed E-state index contributed by atoms with van der Waals surface area (Å²) >= 11 is 5.93. The van der Waals surface area contributed by atoms with Crippen molar-refractivity contribution in [3.8, 4) is 0 Å². The van der Waals surface area contributed by atoms with E-state index in [1.807, 2.05) is 0 Å². The molecule has 0 amide bonds. The molecule has 122 valence electrons. The van der Waals surface area contributed by atoms with Crippen LogP contribution < -0.4 is 0 Å². The van der Waals surface area contributed by atoms with Gasteiger partial charge in [-0.2, -0.15) is 4.31 Å². The Labute approximate surface area is 134 Å². The van der Waals surface area contributed by atoms with Crippen molar-refractivity contribution in [2.75, 3.05) is 19.8 Å². The third kappa shape index (κ3) is 3.00. The molecule has 2 heterocycles. The summed E-state index contributed by atoms with van der Waals surface area (Å²) in [6, 6.07) is 2.94. The van der Waals surface area contributed by atoms with Gasteiger partial charge in [-0.15, -0.1) is 0 Å². The maximum atomic E-state index is 13.2. The van der Waals surface area contributed by atoms with Crippen molar-refractivity contribution in [2.45, 2.75) is 36.5 Å². The monoisotopic (exact) mass is 349 g/mol. The molecular weight excluding hydrogens is 333 g/mol. The average molecular weight is 350 g/mol. The molecule has 0 aromatic heterocycles. The summed E-state index contributed by atoms with van der Waals surface area (Å²) in [4.78, 5) is -0.0829. The van der Waals surface area contributed by atoms with Gasteiger partial charge in [-0.25, -0.2) is 12.8 Å².